The first-order valence-corrected chi connectivity index (χ1v) is 4.56. The zero-order valence-corrected chi connectivity index (χ0v) is 7.84. The fourth-order valence-electron chi connectivity index (χ4n) is 1.93. The molecule has 1 aliphatic rings. The monoisotopic (exact) mass is 157 g/mol. The average Bonchev–Trinajstić information content (AvgIpc) is 2.50. The number of methoxy groups -OCH3 is 1. The van der Waals surface area contributed by atoms with Crippen molar-refractivity contribution in [1.82, 2.24) is 4.90 Å². The smallest absolute Gasteiger partial charge is 0.0698 e. The zero-order chi connectivity index (χ0) is 8.27. The quantitative estimate of drug-likeness (QED) is 0.615. The van der Waals surface area contributed by atoms with Gasteiger partial charge in [-0.05, 0) is 32.9 Å². The number of likely N-dealkylation sites (tertiary alicyclic amines) is 1. The molecule has 0 amide bonds. The van der Waals surface area contributed by atoms with E-state index in [1.165, 1.54) is 25.9 Å². The SMILES string of the molecule is CCN1CCC[C@@H]1[C@H](C)OC. The third-order valence-corrected chi connectivity index (χ3v) is 2.73. The summed E-state index contributed by atoms with van der Waals surface area (Å²) in [6, 6.07) is 0.671. The lowest BCUT2D eigenvalue weighted by Gasteiger charge is -2.27. The summed E-state index contributed by atoms with van der Waals surface area (Å²) in [4.78, 5) is 2.51. The van der Waals surface area contributed by atoms with Crippen LogP contribution in [0.2, 0.25) is 0 Å². The van der Waals surface area contributed by atoms with Crippen LogP contribution in [-0.2, 0) is 4.74 Å². The summed E-state index contributed by atoms with van der Waals surface area (Å²) in [6.07, 6.45) is 3.05. The molecule has 0 radical (unpaired) electrons. The van der Waals surface area contributed by atoms with Crippen LogP contribution >= 0.6 is 0 Å². The average molecular weight is 157 g/mol. The molecule has 2 heteroatoms. The molecule has 1 heterocycles. The summed E-state index contributed by atoms with van der Waals surface area (Å²) in [6.45, 7) is 6.81. The van der Waals surface area contributed by atoms with Crippen LogP contribution < -0.4 is 0 Å². The van der Waals surface area contributed by atoms with Gasteiger partial charge in [-0.25, -0.2) is 0 Å². The first-order valence-electron chi connectivity index (χ1n) is 4.56. The minimum Gasteiger partial charge on any atom is -0.380 e. The van der Waals surface area contributed by atoms with E-state index in [0.717, 1.165) is 0 Å². The maximum atomic E-state index is 5.32. The number of nitrogens with zero attached hydrogens (tertiary/aromatic N) is 1. The van der Waals surface area contributed by atoms with E-state index in [-0.39, 0.29) is 0 Å². The molecule has 11 heavy (non-hydrogen) atoms. The molecule has 0 spiro atoms. The normalized spacial score (nSPS) is 29.2. The summed E-state index contributed by atoms with van der Waals surface area (Å²) in [5.74, 6) is 0. The lowest BCUT2D eigenvalue weighted by Crippen LogP contribution is -2.38. The molecule has 0 N–H and O–H groups in total. The molecule has 0 saturated carbocycles. The molecular formula is C9H19NO. The van der Waals surface area contributed by atoms with Crippen LogP contribution in [0.4, 0.5) is 0 Å². The molecule has 1 rings (SSSR count). The highest BCUT2D eigenvalue weighted by molar-refractivity contribution is 4.82. The molecule has 0 aromatic carbocycles. The largest absolute Gasteiger partial charge is 0.380 e. The van der Waals surface area contributed by atoms with Gasteiger partial charge in [-0.2, -0.15) is 0 Å². The fourth-order valence-corrected chi connectivity index (χ4v) is 1.93. The molecular weight excluding hydrogens is 138 g/mol. The molecule has 1 saturated heterocycles. The van der Waals surface area contributed by atoms with Crippen molar-refractivity contribution in [2.24, 2.45) is 0 Å². The Hall–Kier alpha value is -0.0800. The lowest BCUT2D eigenvalue weighted by molar-refractivity contribution is 0.0459. The minimum absolute atomic E-state index is 0.400. The van der Waals surface area contributed by atoms with Gasteiger partial charge in [-0.15, -0.1) is 0 Å². The van der Waals surface area contributed by atoms with Gasteiger partial charge in [-0.1, -0.05) is 6.92 Å². The third-order valence-electron chi connectivity index (χ3n) is 2.73. The van der Waals surface area contributed by atoms with Crippen LogP contribution in [0.1, 0.15) is 26.7 Å². The topological polar surface area (TPSA) is 12.5 Å². The van der Waals surface area contributed by atoms with Gasteiger partial charge in [0.05, 0.1) is 6.10 Å². The first kappa shape index (κ1) is 9.01. The molecule has 0 aromatic heterocycles. The van der Waals surface area contributed by atoms with Crippen molar-refractivity contribution < 1.29 is 4.74 Å². The van der Waals surface area contributed by atoms with Gasteiger partial charge >= 0.3 is 0 Å². The van der Waals surface area contributed by atoms with Crippen LogP contribution in [0.5, 0.6) is 0 Å². The Morgan fingerprint density at radius 3 is 2.91 bits per heavy atom. The maximum Gasteiger partial charge on any atom is 0.0698 e. The molecule has 2 atom stereocenters. The van der Waals surface area contributed by atoms with E-state index >= 15 is 0 Å². The molecule has 1 fully saturated rings. The van der Waals surface area contributed by atoms with Gasteiger partial charge in [-0.3, -0.25) is 4.90 Å². The fraction of sp³-hybridized carbons (Fsp3) is 1.00. The van der Waals surface area contributed by atoms with E-state index in [9.17, 15) is 0 Å². The minimum atomic E-state index is 0.400. The zero-order valence-electron chi connectivity index (χ0n) is 7.84. The molecule has 0 aliphatic carbocycles. The van der Waals surface area contributed by atoms with Crippen LogP contribution in [-0.4, -0.2) is 37.2 Å². The van der Waals surface area contributed by atoms with Gasteiger partial charge in [0.2, 0.25) is 0 Å². The van der Waals surface area contributed by atoms with E-state index < -0.39 is 0 Å². The second-order valence-corrected chi connectivity index (χ2v) is 3.28. The Bertz CT molecular complexity index is 116. The second-order valence-electron chi connectivity index (χ2n) is 3.28. The lowest BCUT2D eigenvalue weighted by atomic mass is 10.1. The molecule has 1 aliphatic heterocycles. The highest BCUT2D eigenvalue weighted by Crippen LogP contribution is 2.20. The van der Waals surface area contributed by atoms with Gasteiger partial charge < -0.3 is 4.74 Å². The maximum absolute atomic E-state index is 5.32. The van der Waals surface area contributed by atoms with Gasteiger partial charge in [0.1, 0.15) is 0 Å². The third kappa shape index (κ3) is 1.94. The van der Waals surface area contributed by atoms with E-state index in [2.05, 4.69) is 18.7 Å². The summed E-state index contributed by atoms with van der Waals surface area (Å²) < 4.78 is 5.32. The number of rotatable bonds is 3. The van der Waals surface area contributed by atoms with Crippen molar-refractivity contribution in [2.45, 2.75) is 38.8 Å². The predicted octanol–water partition coefficient (Wildman–Crippen LogP) is 1.51. The number of ether oxygens (including phenoxy) is 1. The Morgan fingerprint density at radius 2 is 2.36 bits per heavy atom. The summed E-state index contributed by atoms with van der Waals surface area (Å²) in [5.41, 5.74) is 0. The van der Waals surface area contributed by atoms with Gasteiger partial charge in [0.25, 0.3) is 0 Å². The summed E-state index contributed by atoms with van der Waals surface area (Å²) in [7, 11) is 1.80. The molecule has 0 aromatic rings. The van der Waals surface area contributed by atoms with Crippen molar-refractivity contribution in [3.8, 4) is 0 Å². The number of hydrogen-bond donors (Lipinski definition) is 0. The van der Waals surface area contributed by atoms with Crippen molar-refractivity contribution >= 4 is 0 Å². The molecule has 0 unspecified atom stereocenters. The Labute approximate surface area is 69.5 Å². The van der Waals surface area contributed by atoms with E-state index in [1.807, 2.05) is 0 Å². The Morgan fingerprint density at radius 1 is 1.64 bits per heavy atom. The van der Waals surface area contributed by atoms with Crippen molar-refractivity contribution in [1.29, 1.82) is 0 Å². The van der Waals surface area contributed by atoms with Crippen molar-refractivity contribution in [3.63, 3.8) is 0 Å². The van der Waals surface area contributed by atoms with E-state index in [0.29, 0.717) is 12.1 Å². The summed E-state index contributed by atoms with van der Waals surface area (Å²) >= 11 is 0. The van der Waals surface area contributed by atoms with Crippen LogP contribution in [0.25, 0.3) is 0 Å². The predicted molar refractivity (Wildman–Crippen MR) is 46.7 cm³/mol. The second kappa shape index (κ2) is 4.07. The Balaban J connectivity index is 2.42. The highest BCUT2D eigenvalue weighted by atomic mass is 16.5. The van der Waals surface area contributed by atoms with Gasteiger partial charge in [0, 0.05) is 13.2 Å². The first-order chi connectivity index (χ1) is 5.29. The highest BCUT2D eigenvalue weighted by Gasteiger charge is 2.27. The van der Waals surface area contributed by atoms with Gasteiger partial charge in [0.15, 0.2) is 0 Å². The van der Waals surface area contributed by atoms with Crippen LogP contribution in [0.3, 0.4) is 0 Å². The van der Waals surface area contributed by atoms with Crippen molar-refractivity contribution in [3.05, 3.63) is 0 Å². The van der Waals surface area contributed by atoms with Crippen LogP contribution in [0.15, 0.2) is 0 Å². The molecule has 2 nitrogen and oxygen atoms in total. The number of likely N-dealkylation sites (N-methyl/N-ethyl adjacent to an activating group) is 1. The number of hydrogen-bond acceptors (Lipinski definition) is 2. The molecule has 0 bridgehead atoms. The van der Waals surface area contributed by atoms with Crippen molar-refractivity contribution in [2.75, 3.05) is 20.2 Å². The van der Waals surface area contributed by atoms with E-state index in [4.69, 9.17) is 4.74 Å². The summed E-state index contributed by atoms with van der Waals surface area (Å²) in [5, 5.41) is 0. The Kier molecular flexibility index (Phi) is 3.34. The van der Waals surface area contributed by atoms with Crippen LogP contribution in [0, 0.1) is 0 Å². The standard InChI is InChI=1S/C9H19NO/c1-4-10-7-5-6-9(10)8(2)11-3/h8-9H,4-7H2,1-3H3/t8-,9+/m0/s1. The molecule has 66 valence electrons. The van der Waals surface area contributed by atoms with E-state index in [1.54, 1.807) is 7.11 Å².